The molecule has 3 rings (SSSR count). The fraction of sp³-hybridized carbons (Fsp3) is 0.278. The van der Waals surface area contributed by atoms with Crippen molar-refractivity contribution in [1.82, 2.24) is 14.9 Å². The van der Waals surface area contributed by atoms with Gasteiger partial charge < -0.3 is 5.32 Å². The van der Waals surface area contributed by atoms with Gasteiger partial charge in [0.2, 0.25) is 5.91 Å². The molecule has 0 saturated heterocycles. The monoisotopic (exact) mass is 375 g/mol. The summed E-state index contributed by atoms with van der Waals surface area (Å²) >= 11 is 7.66. The maximum Gasteiger partial charge on any atom is 0.262 e. The Balaban J connectivity index is 1.77. The summed E-state index contributed by atoms with van der Waals surface area (Å²) in [5.41, 5.74) is 0.644. The number of carbonyl (C=O) groups is 1. The number of amides is 1. The summed E-state index contributed by atoms with van der Waals surface area (Å²) in [6, 6.07) is 8.96. The largest absolute Gasteiger partial charge is 0.348 e. The molecule has 0 bridgehead atoms. The van der Waals surface area contributed by atoms with Crippen LogP contribution >= 0.6 is 22.9 Å². The first-order valence-electron chi connectivity index (χ1n) is 8.01. The number of benzene rings is 1. The Hall–Kier alpha value is -2.18. The van der Waals surface area contributed by atoms with Gasteiger partial charge in [-0.05, 0) is 31.0 Å². The van der Waals surface area contributed by atoms with E-state index >= 15 is 0 Å². The van der Waals surface area contributed by atoms with Gasteiger partial charge in [0.25, 0.3) is 5.56 Å². The molecular weight excluding hydrogens is 358 g/mol. The average molecular weight is 376 g/mol. The predicted molar refractivity (Wildman–Crippen MR) is 101 cm³/mol. The molecule has 5 nitrogen and oxygen atoms in total. The van der Waals surface area contributed by atoms with Gasteiger partial charge >= 0.3 is 0 Å². The van der Waals surface area contributed by atoms with Crippen molar-refractivity contribution in [2.75, 3.05) is 0 Å². The number of nitrogens with one attached hydrogen (secondary N) is 1. The van der Waals surface area contributed by atoms with Crippen LogP contribution in [0.1, 0.15) is 30.3 Å². The molecular formula is C18H18ClN3O2S. The van der Waals surface area contributed by atoms with Crippen LogP contribution in [0.25, 0.3) is 10.2 Å². The third-order valence-corrected chi connectivity index (χ3v) is 5.51. The van der Waals surface area contributed by atoms with Crippen molar-refractivity contribution in [3.63, 3.8) is 0 Å². The van der Waals surface area contributed by atoms with Gasteiger partial charge in [-0.3, -0.25) is 14.2 Å². The second-order valence-electron chi connectivity index (χ2n) is 5.77. The van der Waals surface area contributed by atoms with E-state index in [-0.39, 0.29) is 24.1 Å². The molecule has 0 fully saturated rings. The standard InChI is InChI=1S/C18H18ClN3O2S/c1-3-12-8-14-17(25-12)20-10-22(18(14)24)9-16(23)21-11(2)13-6-4-5-7-15(13)19/h4-8,10-11H,3,9H2,1-2H3,(H,21,23). The zero-order valence-electron chi connectivity index (χ0n) is 14.0. The van der Waals surface area contributed by atoms with Gasteiger partial charge in [0.05, 0.1) is 17.8 Å². The summed E-state index contributed by atoms with van der Waals surface area (Å²) in [5, 5.41) is 4.03. The highest BCUT2D eigenvalue weighted by Crippen LogP contribution is 2.22. The number of aromatic nitrogens is 2. The van der Waals surface area contributed by atoms with E-state index in [0.29, 0.717) is 15.2 Å². The summed E-state index contributed by atoms with van der Waals surface area (Å²) in [6.45, 7) is 3.82. The van der Waals surface area contributed by atoms with E-state index in [4.69, 9.17) is 11.6 Å². The number of carbonyl (C=O) groups excluding carboxylic acids is 1. The van der Waals surface area contributed by atoms with Gasteiger partial charge in [-0.25, -0.2) is 4.98 Å². The van der Waals surface area contributed by atoms with Crippen molar-refractivity contribution >= 4 is 39.1 Å². The van der Waals surface area contributed by atoms with E-state index in [1.54, 1.807) is 6.07 Å². The van der Waals surface area contributed by atoms with Crippen LogP contribution in [-0.4, -0.2) is 15.5 Å². The fourth-order valence-corrected chi connectivity index (χ4v) is 3.87. The lowest BCUT2D eigenvalue weighted by Gasteiger charge is -2.16. The van der Waals surface area contributed by atoms with E-state index in [2.05, 4.69) is 10.3 Å². The number of hydrogen-bond acceptors (Lipinski definition) is 4. The van der Waals surface area contributed by atoms with Crippen molar-refractivity contribution in [2.45, 2.75) is 32.9 Å². The first-order valence-corrected chi connectivity index (χ1v) is 9.20. The van der Waals surface area contributed by atoms with Crippen molar-refractivity contribution in [3.05, 3.63) is 62.5 Å². The molecule has 1 amide bonds. The number of fused-ring (bicyclic) bond motifs is 1. The second kappa shape index (κ2) is 7.37. The number of aryl methyl sites for hydroxylation is 1. The fourth-order valence-electron chi connectivity index (χ4n) is 2.64. The van der Waals surface area contributed by atoms with Crippen LogP contribution in [0.15, 0.2) is 41.5 Å². The van der Waals surface area contributed by atoms with Crippen LogP contribution in [0.2, 0.25) is 5.02 Å². The Labute approximate surface area is 154 Å². The number of rotatable bonds is 5. The zero-order chi connectivity index (χ0) is 18.0. The molecule has 2 heterocycles. The Morgan fingerprint density at radius 2 is 2.16 bits per heavy atom. The topological polar surface area (TPSA) is 64.0 Å². The van der Waals surface area contributed by atoms with E-state index in [0.717, 1.165) is 16.9 Å². The van der Waals surface area contributed by atoms with Crippen LogP contribution < -0.4 is 10.9 Å². The van der Waals surface area contributed by atoms with Crippen molar-refractivity contribution in [1.29, 1.82) is 0 Å². The molecule has 0 aliphatic rings. The minimum Gasteiger partial charge on any atom is -0.348 e. The summed E-state index contributed by atoms with van der Waals surface area (Å²) in [4.78, 5) is 31.0. The quantitative estimate of drug-likeness (QED) is 0.741. The third kappa shape index (κ3) is 3.75. The second-order valence-corrected chi connectivity index (χ2v) is 7.30. The maximum absolute atomic E-state index is 12.5. The molecule has 1 atom stereocenters. The van der Waals surface area contributed by atoms with E-state index < -0.39 is 0 Å². The number of hydrogen-bond donors (Lipinski definition) is 1. The molecule has 3 aromatic rings. The molecule has 1 unspecified atom stereocenters. The first-order chi connectivity index (χ1) is 12.0. The highest BCUT2D eigenvalue weighted by Gasteiger charge is 2.14. The van der Waals surface area contributed by atoms with Gasteiger partial charge in [0.1, 0.15) is 11.4 Å². The number of thiophene rings is 1. The lowest BCUT2D eigenvalue weighted by atomic mass is 10.1. The molecule has 0 saturated carbocycles. The first kappa shape index (κ1) is 17.6. The lowest BCUT2D eigenvalue weighted by molar-refractivity contribution is -0.122. The Bertz CT molecular complexity index is 980. The molecule has 1 aromatic carbocycles. The minimum absolute atomic E-state index is 0.0755. The van der Waals surface area contributed by atoms with Crippen LogP contribution in [0.3, 0.4) is 0 Å². The van der Waals surface area contributed by atoms with E-state index in [1.807, 2.05) is 38.1 Å². The zero-order valence-corrected chi connectivity index (χ0v) is 15.5. The highest BCUT2D eigenvalue weighted by atomic mass is 35.5. The minimum atomic E-state index is -0.262. The molecule has 1 N–H and O–H groups in total. The Morgan fingerprint density at radius 1 is 1.40 bits per heavy atom. The normalized spacial score (nSPS) is 12.3. The summed E-state index contributed by atoms with van der Waals surface area (Å²) < 4.78 is 1.34. The van der Waals surface area contributed by atoms with Crippen LogP contribution in [0.4, 0.5) is 0 Å². The molecule has 0 aliphatic carbocycles. The number of nitrogens with zero attached hydrogens (tertiary/aromatic N) is 2. The molecule has 0 radical (unpaired) electrons. The van der Waals surface area contributed by atoms with E-state index in [1.165, 1.54) is 22.2 Å². The molecule has 2 aromatic heterocycles. The van der Waals surface area contributed by atoms with Gasteiger partial charge in [-0.2, -0.15) is 0 Å². The third-order valence-electron chi connectivity index (χ3n) is 3.98. The van der Waals surface area contributed by atoms with E-state index in [9.17, 15) is 9.59 Å². The Morgan fingerprint density at radius 3 is 2.88 bits per heavy atom. The van der Waals surface area contributed by atoms with Crippen LogP contribution in [-0.2, 0) is 17.8 Å². The molecule has 7 heteroatoms. The van der Waals surface area contributed by atoms with Crippen molar-refractivity contribution < 1.29 is 4.79 Å². The molecule has 130 valence electrons. The van der Waals surface area contributed by atoms with Crippen LogP contribution in [0.5, 0.6) is 0 Å². The molecule has 0 spiro atoms. The van der Waals surface area contributed by atoms with Gasteiger partial charge in [-0.1, -0.05) is 36.7 Å². The summed E-state index contributed by atoms with van der Waals surface area (Å²) in [6.07, 6.45) is 2.29. The van der Waals surface area contributed by atoms with Crippen LogP contribution in [0, 0.1) is 0 Å². The van der Waals surface area contributed by atoms with Gasteiger partial charge in [0.15, 0.2) is 0 Å². The molecule has 0 aliphatic heterocycles. The van der Waals surface area contributed by atoms with Gasteiger partial charge in [-0.15, -0.1) is 11.3 Å². The average Bonchev–Trinajstić information content (AvgIpc) is 3.02. The highest BCUT2D eigenvalue weighted by molar-refractivity contribution is 7.18. The van der Waals surface area contributed by atoms with Gasteiger partial charge in [0, 0.05) is 9.90 Å². The van der Waals surface area contributed by atoms with Crippen molar-refractivity contribution in [3.8, 4) is 0 Å². The Kier molecular flexibility index (Phi) is 5.20. The summed E-state index contributed by atoms with van der Waals surface area (Å²) in [5.74, 6) is -0.262. The molecule has 25 heavy (non-hydrogen) atoms. The predicted octanol–water partition coefficient (Wildman–Crippen LogP) is 3.55. The van der Waals surface area contributed by atoms with Crippen molar-refractivity contribution in [2.24, 2.45) is 0 Å². The SMILES string of the molecule is CCc1cc2c(=O)n(CC(=O)NC(C)c3ccccc3Cl)cnc2s1. The number of halogens is 1. The smallest absolute Gasteiger partial charge is 0.262 e. The summed E-state index contributed by atoms with van der Waals surface area (Å²) in [7, 11) is 0. The maximum atomic E-state index is 12.5. The lowest BCUT2D eigenvalue weighted by Crippen LogP contribution is -2.33.